The van der Waals surface area contributed by atoms with Crippen LogP contribution in [0.15, 0.2) is 79.3 Å². The van der Waals surface area contributed by atoms with E-state index in [2.05, 4.69) is 14.9 Å². The normalized spacial score (nSPS) is 12.7. The molecule has 0 unspecified atom stereocenters. The van der Waals surface area contributed by atoms with E-state index in [1.165, 1.54) is 12.1 Å². The lowest BCUT2D eigenvalue weighted by molar-refractivity contribution is -0.137. The number of benzene rings is 2. The van der Waals surface area contributed by atoms with Crippen molar-refractivity contribution in [2.75, 3.05) is 11.4 Å². The average Bonchev–Trinajstić information content (AvgIpc) is 3.51. The van der Waals surface area contributed by atoms with Gasteiger partial charge < -0.3 is 10.6 Å². The molecule has 10 heteroatoms. The summed E-state index contributed by atoms with van der Waals surface area (Å²) in [4.78, 5) is 16.6. The van der Waals surface area contributed by atoms with Crippen LogP contribution >= 0.6 is 22.7 Å². The van der Waals surface area contributed by atoms with Crippen LogP contribution in [0.4, 0.5) is 18.3 Å². The number of halogens is 3. The molecule has 2 aromatic carbocycles. The summed E-state index contributed by atoms with van der Waals surface area (Å²) in [5, 5.41) is 1.70. The van der Waals surface area contributed by atoms with Gasteiger partial charge >= 0.3 is 6.18 Å². The second-order valence-electron chi connectivity index (χ2n) is 8.39. The fourth-order valence-corrected chi connectivity index (χ4v) is 5.79. The predicted molar refractivity (Wildman–Crippen MR) is 139 cm³/mol. The van der Waals surface area contributed by atoms with Crippen molar-refractivity contribution >= 4 is 38.0 Å². The first-order valence-electron chi connectivity index (χ1n) is 11.2. The second-order valence-corrected chi connectivity index (χ2v) is 10.4. The summed E-state index contributed by atoms with van der Waals surface area (Å²) in [5.74, 6) is 0. The van der Waals surface area contributed by atoms with Crippen LogP contribution in [0.25, 0.3) is 20.1 Å². The van der Waals surface area contributed by atoms with Gasteiger partial charge in [-0.1, -0.05) is 53.8 Å². The van der Waals surface area contributed by atoms with Gasteiger partial charge in [0.05, 0.1) is 26.9 Å². The Hall–Kier alpha value is -3.34. The smallest absolute Gasteiger partial charge is 0.342 e. The highest BCUT2D eigenvalue weighted by molar-refractivity contribution is 7.26. The van der Waals surface area contributed by atoms with Gasteiger partial charge in [0.15, 0.2) is 5.13 Å². The molecule has 5 rings (SSSR count). The van der Waals surface area contributed by atoms with Crippen molar-refractivity contribution in [2.24, 2.45) is 5.73 Å². The molecule has 3 aromatic heterocycles. The summed E-state index contributed by atoms with van der Waals surface area (Å²) in [6.07, 6.45) is 1.45. The molecule has 0 amide bonds. The van der Waals surface area contributed by atoms with Gasteiger partial charge in [0.25, 0.3) is 0 Å². The van der Waals surface area contributed by atoms with Crippen molar-refractivity contribution in [3.8, 4) is 9.88 Å². The van der Waals surface area contributed by atoms with Crippen molar-refractivity contribution in [1.82, 2.24) is 15.0 Å². The Morgan fingerprint density at radius 2 is 1.69 bits per heavy atom. The lowest BCUT2D eigenvalue weighted by atomic mass is 10.0. The summed E-state index contributed by atoms with van der Waals surface area (Å²) in [7, 11) is 0. The van der Waals surface area contributed by atoms with E-state index in [-0.39, 0.29) is 6.04 Å². The largest absolute Gasteiger partial charge is 0.416 e. The summed E-state index contributed by atoms with van der Waals surface area (Å²) in [5.41, 5.74) is 8.60. The predicted octanol–water partition coefficient (Wildman–Crippen LogP) is 6.41. The van der Waals surface area contributed by atoms with E-state index in [4.69, 9.17) is 10.7 Å². The number of aromatic nitrogens is 3. The van der Waals surface area contributed by atoms with Crippen LogP contribution in [0, 0.1) is 0 Å². The molecule has 184 valence electrons. The molecule has 5 aromatic rings. The van der Waals surface area contributed by atoms with E-state index in [1.54, 1.807) is 35.1 Å². The van der Waals surface area contributed by atoms with Gasteiger partial charge in [-0.3, -0.25) is 4.98 Å². The summed E-state index contributed by atoms with van der Waals surface area (Å²) >= 11 is 3.11. The molecule has 1 atom stereocenters. The number of hydrogen-bond acceptors (Lipinski definition) is 7. The quantitative estimate of drug-likeness (QED) is 0.254. The number of rotatable bonds is 8. The van der Waals surface area contributed by atoms with Crippen molar-refractivity contribution in [1.29, 1.82) is 0 Å². The average molecular weight is 526 g/mol. The van der Waals surface area contributed by atoms with Gasteiger partial charge in [-0.2, -0.15) is 13.2 Å². The third kappa shape index (κ3) is 5.72. The number of nitrogens with two attached hydrogens (primary N) is 1. The third-order valence-corrected chi connectivity index (χ3v) is 7.85. The van der Waals surface area contributed by atoms with Crippen LogP contribution in [0.3, 0.4) is 0 Å². The van der Waals surface area contributed by atoms with Gasteiger partial charge in [-0.25, -0.2) is 9.97 Å². The molecule has 0 radical (unpaired) electrons. The maximum Gasteiger partial charge on any atom is 0.416 e. The van der Waals surface area contributed by atoms with Crippen LogP contribution in [0.5, 0.6) is 0 Å². The van der Waals surface area contributed by atoms with E-state index < -0.39 is 11.7 Å². The summed E-state index contributed by atoms with van der Waals surface area (Å²) in [6, 6.07) is 16.8. The van der Waals surface area contributed by atoms with Crippen molar-refractivity contribution < 1.29 is 13.2 Å². The fraction of sp³-hybridized carbons (Fsp3) is 0.192. The number of pyridine rings is 1. The third-order valence-electron chi connectivity index (χ3n) is 5.62. The zero-order valence-electron chi connectivity index (χ0n) is 19.0. The van der Waals surface area contributed by atoms with Gasteiger partial charge in [0.1, 0.15) is 5.01 Å². The Labute approximate surface area is 214 Å². The lowest BCUT2D eigenvalue weighted by Gasteiger charge is -2.25. The minimum absolute atomic E-state index is 0.300. The Bertz CT molecular complexity index is 1400. The number of anilines is 1. The summed E-state index contributed by atoms with van der Waals surface area (Å²) < 4.78 is 39.7. The molecule has 3 heterocycles. The minimum atomic E-state index is -4.35. The van der Waals surface area contributed by atoms with Gasteiger partial charge in [-0.15, -0.1) is 11.3 Å². The Balaban J connectivity index is 1.35. The van der Waals surface area contributed by atoms with Crippen molar-refractivity contribution in [3.63, 3.8) is 0 Å². The Morgan fingerprint density at radius 3 is 2.42 bits per heavy atom. The van der Waals surface area contributed by atoms with Crippen LogP contribution in [0.1, 0.15) is 16.7 Å². The number of nitrogens with zero attached hydrogens (tertiary/aromatic N) is 4. The zero-order chi connectivity index (χ0) is 25.1. The van der Waals surface area contributed by atoms with E-state index in [1.807, 2.05) is 42.6 Å². The molecule has 0 aliphatic carbocycles. The Kier molecular flexibility index (Phi) is 6.99. The van der Waals surface area contributed by atoms with Crippen LogP contribution in [-0.2, 0) is 19.1 Å². The first-order valence-corrected chi connectivity index (χ1v) is 12.9. The van der Waals surface area contributed by atoms with Gasteiger partial charge in [0.2, 0.25) is 0 Å². The highest BCUT2D eigenvalue weighted by Gasteiger charge is 2.30. The molecule has 0 fully saturated rings. The molecule has 0 aliphatic heterocycles. The van der Waals surface area contributed by atoms with E-state index in [0.717, 1.165) is 48.5 Å². The molecule has 0 aliphatic rings. The summed E-state index contributed by atoms with van der Waals surface area (Å²) in [6.45, 7) is 1.10. The SMILES string of the molecule is N[C@H](Cc1ccc(C(F)(F)F)cc1)CN(Cc1ccccc1)c1ncc(-c2nc3ccncc3s2)s1. The number of hydrogen-bond donors (Lipinski definition) is 1. The van der Waals surface area contributed by atoms with E-state index in [0.29, 0.717) is 19.5 Å². The van der Waals surface area contributed by atoms with Gasteiger partial charge in [-0.05, 0) is 35.7 Å². The molecule has 5 nitrogen and oxygen atoms in total. The maximum absolute atomic E-state index is 12.9. The molecule has 0 saturated carbocycles. The Morgan fingerprint density at radius 1 is 0.917 bits per heavy atom. The number of fused-ring (bicyclic) bond motifs is 1. The van der Waals surface area contributed by atoms with Gasteiger partial charge in [0, 0.05) is 31.5 Å². The minimum Gasteiger partial charge on any atom is -0.342 e. The number of thiazole rings is 2. The maximum atomic E-state index is 12.9. The molecular formula is C26H22F3N5S2. The van der Waals surface area contributed by atoms with E-state index >= 15 is 0 Å². The van der Waals surface area contributed by atoms with Crippen molar-refractivity contribution in [3.05, 3.63) is 95.9 Å². The van der Waals surface area contributed by atoms with Crippen LogP contribution < -0.4 is 10.6 Å². The van der Waals surface area contributed by atoms with Crippen molar-refractivity contribution in [2.45, 2.75) is 25.2 Å². The molecule has 36 heavy (non-hydrogen) atoms. The first-order chi connectivity index (χ1) is 17.3. The monoisotopic (exact) mass is 525 g/mol. The van der Waals surface area contributed by atoms with Crippen LogP contribution in [-0.4, -0.2) is 27.5 Å². The lowest BCUT2D eigenvalue weighted by Crippen LogP contribution is -2.38. The number of alkyl halides is 3. The van der Waals surface area contributed by atoms with Crippen LogP contribution in [0.2, 0.25) is 0 Å². The highest BCUT2D eigenvalue weighted by atomic mass is 32.1. The van der Waals surface area contributed by atoms with E-state index in [9.17, 15) is 13.2 Å². The molecule has 2 N–H and O–H groups in total. The first kappa shape index (κ1) is 24.4. The second kappa shape index (κ2) is 10.3. The molecular weight excluding hydrogens is 503 g/mol. The topological polar surface area (TPSA) is 67.9 Å². The highest BCUT2D eigenvalue weighted by Crippen LogP contribution is 2.36. The standard InChI is InChI=1S/C26H22F3N5S2/c27-26(28,29)19-8-6-17(7-9-19)12-20(30)16-34(15-18-4-2-1-3-5-18)25-32-14-23(36-25)24-33-21-10-11-31-13-22(21)35-24/h1-11,13-14,20H,12,15-16,30H2/t20-/m1/s1. The molecule has 0 saturated heterocycles. The molecule has 0 spiro atoms. The molecule has 0 bridgehead atoms. The fourth-order valence-electron chi connectivity index (χ4n) is 3.89. The zero-order valence-corrected chi connectivity index (χ0v) is 20.7.